The third-order valence-corrected chi connectivity index (χ3v) is 5.07. The summed E-state index contributed by atoms with van der Waals surface area (Å²) >= 11 is 0. The van der Waals surface area contributed by atoms with Crippen LogP contribution in [0.1, 0.15) is 24.5 Å². The van der Waals surface area contributed by atoms with Gasteiger partial charge in [0.1, 0.15) is 11.3 Å². The molecule has 1 fully saturated rings. The normalized spacial score (nSPS) is 20.7. The largest absolute Gasteiger partial charge is 0.497 e. The van der Waals surface area contributed by atoms with Gasteiger partial charge in [0, 0.05) is 0 Å². The fourth-order valence-electron chi connectivity index (χ4n) is 3.51. The molecular weight excluding hydrogens is 348 g/mol. The van der Waals surface area contributed by atoms with Crippen LogP contribution in [0.25, 0.3) is 0 Å². The number of imide groups is 1. The number of nitrogens with one attached hydrogen (secondary N) is 1. The van der Waals surface area contributed by atoms with Crippen LogP contribution in [0.3, 0.4) is 0 Å². The van der Waals surface area contributed by atoms with Gasteiger partial charge in [0.2, 0.25) is 6.79 Å². The van der Waals surface area contributed by atoms with E-state index in [9.17, 15) is 9.59 Å². The molecule has 2 heterocycles. The van der Waals surface area contributed by atoms with Crippen molar-refractivity contribution in [2.75, 3.05) is 13.9 Å². The second-order valence-corrected chi connectivity index (χ2v) is 6.50. The third kappa shape index (κ3) is 2.75. The van der Waals surface area contributed by atoms with Crippen LogP contribution in [0.2, 0.25) is 0 Å². The summed E-state index contributed by atoms with van der Waals surface area (Å²) in [6.07, 6.45) is 0.446. The number of carbonyl (C=O) groups is 2. The van der Waals surface area contributed by atoms with E-state index in [0.29, 0.717) is 23.7 Å². The van der Waals surface area contributed by atoms with Gasteiger partial charge < -0.3 is 19.5 Å². The first-order chi connectivity index (χ1) is 13.1. The molecule has 2 aliphatic heterocycles. The molecule has 1 atom stereocenters. The monoisotopic (exact) mass is 368 g/mol. The average molecular weight is 368 g/mol. The van der Waals surface area contributed by atoms with Gasteiger partial charge in [-0.3, -0.25) is 9.69 Å². The quantitative estimate of drug-likeness (QED) is 0.821. The second kappa shape index (κ2) is 6.50. The Hall–Kier alpha value is -3.22. The summed E-state index contributed by atoms with van der Waals surface area (Å²) < 4.78 is 15.9. The summed E-state index contributed by atoms with van der Waals surface area (Å²) in [7, 11) is 1.58. The van der Waals surface area contributed by atoms with E-state index in [0.717, 1.165) is 11.1 Å². The zero-order valence-electron chi connectivity index (χ0n) is 15.2. The fourth-order valence-corrected chi connectivity index (χ4v) is 3.51. The molecule has 0 aliphatic carbocycles. The number of hydrogen-bond acceptors (Lipinski definition) is 5. The zero-order valence-corrected chi connectivity index (χ0v) is 15.2. The Morgan fingerprint density at radius 2 is 1.85 bits per heavy atom. The van der Waals surface area contributed by atoms with Gasteiger partial charge >= 0.3 is 6.03 Å². The SMILES string of the molecule is CC[C@]1(c2ccc(OC)cc2)NC(=O)N(Cc2ccc3c(c2)OCO3)C1=O. The number of carbonyl (C=O) groups excluding carboxylic acids is 2. The van der Waals surface area contributed by atoms with Gasteiger partial charge in [-0.15, -0.1) is 0 Å². The van der Waals surface area contributed by atoms with Crippen LogP contribution >= 0.6 is 0 Å². The molecule has 0 saturated carbocycles. The number of fused-ring (bicyclic) bond motifs is 1. The molecule has 7 nitrogen and oxygen atoms in total. The van der Waals surface area contributed by atoms with Gasteiger partial charge in [0.25, 0.3) is 5.91 Å². The molecule has 1 saturated heterocycles. The first-order valence-corrected chi connectivity index (χ1v) is 8.74. The molecule has 0 unspecified atom stereocenters. The summed E-state index contributed by atoms with van der Waals surface area (Å²) in [5.41, 5.74) is 0.460. The maximum atomic E-state index is 13.2. The van der Waals surface area contributed by atoms with Crippen molar-refractivity contribution in [1.29, 1.82) is 0 Å². The lowest BCUT2D eigenvalue weighted by molar-refractivity contribution is -0.132. The first-order valence-electron chi connectivity index (χ1n) is 8.74. The van der Waals surface area contributed by atoms with Crippen LogP contribution in [0.4, 0.5) is 4.79 Å². The molecule has 27 heavy (non-hydrogen) atoms. The number of rotatable bonds is 5. The van der Waals surface area contributed by atoms with E-state index in [1.54, 1.807) is 31.4 Å². The molecule has 0 spiro atoms. The van der Waals surface area contributed by atoms with Gasteiger partial charge in [0.05, 0.1) is 13.7 Å². The summed E-state index contributed by atoms with van der Waals surface area (Å²) in [5.74, 6) is 1.71. The molecule has 2 aromatic carbocycles. The predicted molar refractivity (Wildman–Crippen MR) is 96.6 cm³/mol. The van der Waals surface area contributed by atoms with Crippen molar-refractivity contribution in [1.82, 2.24) is 10.2 Å². The molecule has 0 aromatic heterocycles. The van der Waals surface area contributed by atoms with E-state index < -0.39 is 11.6 Å². The topological polar surface area (TPSA) is 77.1 Å². The Balaban J connectivity index is 1.61. The van der Waals surface area contributed by atoms with E-state index in [2.05, 4.69) is 5.32 Å². The molecule has 0 bridgehead atoms. The molecule has 1 N–H and O–H groups in total. The van der Waals surface area contributed by atoms with Crippen LogP contribution < -0.4 is 19.5 Å². The minimum absolute atomic E-state index is 0.166. The highest BCUT2D eigenvalue weighted by atomic mass is 16.7. The number of amides is 3. The van der Waals surface area contributed by atoms with Gasteiger partial charge in [-0.2, -0.15) is 0 Å². The van der Waals surface area contributed by atoms with E-state index in [1.165, 1.54) is 4.90 Å². The highest BCUT2D eigenvalue weighted by Gasteiger charge is 2.51. The number of benzene rings is 2. The standard InChI is InChI=1S/C20H20N2O5/c1-3-20(14-5-7-15(25-2)8-6-14)18(23)22(19(24)21-20)11-13-4-9-16-17(10-13)27-12-26-16/h4-10H,3,11-12H2,1-2H3,(H,21,24)/t20-/m1/s1. The maximum absolute atomic E-state index is 13.2. The van der Waals surface area contributed by atoms with Crippen molar-refractivity contribution < 1.29 is 23.8 Å². The van der Waals surface area contributed by atoms with Gasteiger partial charge in [-0.25, -0.2) is 4.79 Å². The number of hydrogen-bond donors (Lipinski definition) is 1. The van der Waals surface area contributed by atoms with Crippen molar-refractivity contribution in [2.45, 2.75) is 25.4 Å². The van der Waals surface area contributed by atoms with E-state index in [1.807, 2.05) is 25.1 Å². The number of urea groups is 1. The summed E-state index contributed by atoms with van der Waals surface area (Å²) in [4.78, 5) is 27.1. The highest BCUT2D eigenvalue weighted by Crippen LogP contribution is 2.36. The molecule has 7 heteroatoms. The van der Waals surface area contributed by atoms with E-state index >= 15 is 0 Å². The fraction of sp³-hybridized carbons (Fsp3) is 0.300. The molecule has 2 aromatic rings. The van der Waals surface area contributed by atoms with E-state index in [4.69, 9.17) is 14.2 Å². The Bertz CT molecular complexity index is 896. The third-order valence-electron chi connectivity index (χ3n) is 5.07. The van der Waals surface area contributed by atoms with Crippen molar-refractivity contribution in [2.24, 2.45) is 0 Å². The smallest absolute Gasteiger partial charge is 0.325 e. The molecule has 2 aliphatic rings. The predicted octanol–water partition coefficient (Wildman–Crippen LogP) is 2.78. The van der Waals surface area contributed by atoms with Crippen LogP contribution in [0.5, 0.6) is 17.2 Å². The maximum Gasteiger partial charge on any atom is 0.325 e. The number of nitrogens with zero attached hydrogens (tertiary/aromatic N) is 1. The van der Waals surface area contributed by atoms with Gasteiger partial charge in [0.15, 0.2) is 11.5 Å². The van der Waals surface area contributed by atoms with Crippen LogP contribution in [-0.4, -0.2) is 30.7 Å². The lowest BCUT2D eigenvalue weighted by Gasteiger charge is -2.26. The van der Waals surface area contributed by atoms with Crippen molar-refractivity contribution in [3.8, 4) is 17.2 Å². The second-order valence-electron chi connectivity index (χ2n) is 6.50. The number of ether oxygens (including phenoxy) is 3. The minimum Gasteiger partial charge on any atom is -0.497 e. The zero-order chi connectivity index (χ0) is 19.0. The first kappa shape index (κ1) is 17.2. The Morgan fingerprint density at radius 3 is 2.56 bits per heavy atom. The molecule has 3 amide bonds. The average Bonchev–Trinajstić information content (AvgIpc) is 3.26. The molecule has 4 rings (SSSR count). The van der Waals surface area contributed by atoms with Gasteiger partial charge in [-0.05, 0) is 41.8 Å². The molecular formula is C20H20N2O5. The highest BCUT2D eigenvalue weighted by molar-refractivity contribution is 6.07. The lowest BCUT2D eigenvalue weighted by Crippen LogP contribution is -2.43. The van der Waals surface area contributed by atoms with Crippen molar-refractivity contribution >= 4 is 11.9 Å². The van der Waals surface area contributed by atoms with Gasteiger partial charge in [-0.1, -0.05) is 25.1 Å². The summed E-state index contributed by atoms with van der Waals surface area (Å²) in [6, 6.07) is 12.2. The van der Waals surface area contributed by atoms with Crippen LogP contribution in [0, 0.1) is 0 Å². The number of methoxy groups -OCH3 is 1. The van der Waals surface area contributed by atoms with Crippen LogP contribution in [0.15, 0.2) is 42.5 Å². The summed E-state index contributed by atoms with van der Waals surface area (Å²) in [5, 5.41) is 2.88. The Morgan fingerprint density at radius 1 is 1.11 bits per heavy atom. The molecule has 140 valence electrons. The molecule has 0 radical (unpaired) electrons. The Kier molecular flexibility index (Phi) is 4.14. The van der Waals surface area contributed by atoms with E-state index in [-0.39, 0.29) is 19.2 Å². The van der Waals surface area contributed by atoms with Crippen molar-refractivity contribution in [3.63, 3.8) is 0 Å². The lowest BCUT2D eigenvalue weighted by atomic mass is 9.87. The van der Waals surface area contributed by atoms with Crippen LogP contribution in [-0.2, 0) is 16.9 Å². The minimum atomic E-state index is -1.07. The summed E-state index contributed by atoms with van der Waals surface area (Å²) in [6.45, 7) is 2.23. The Labute approximate surface area is 156 Å². The van der Waals surface area contributed by atoms with Crippen molar-refractivity contribution in [3.05, 3.63) is 53.6 Å².